The van der Waals surface area contributed by atoms with Crippen LogP contribution in [-0.4, -0.2) is 33.9 Å². The van der Waals surface area contributed by atoms with Crippen molar-refractivity contribution in [3.63, 3.8) is 0 Å². The van der Waals surface area contributed by atoms with Gasteiger partial charge in [-0.15, -0.1) is 0 Å². The van der Waals surface area contributed by atoms with Crippen molar-refractivity contribution >= 4 is 17.5 Å². The Kier molecular flexibility index (Phi) is 6.48. The first-order valence-electron chi connectivity index (χ1n) is 13.8. The van der Waals surface area contributed by atoms with E-state index in [1.165, 1.54) is 5.57 Å². The van der Waals surface area contributed by atoms with Gasteiger partial charge in [0.25, 0.3) is 0 Å². The second-order valence-electron chi connectivity index (χ2n) is 13.9. The fourth-order valence-electron chi connectivity index (χ4n) is 9.32. The molecule has 5 heteroatoms. The standard InChI is InChI=1S/C30H46O5/c1-17(14-19(31)15-18(2)26(34)35)20-8-13-30(7)25-21(9-12-29(20,30)6)28(5)11-10-24(33)27(3,4)23(28)16-22(25)32/h17-18,20,23-24,33H,8-16H2,1-7H3,(H,34,35)/t17?,18?,20-,23?,24-,28-,29-,30+/m1/s1. The van der Waals surface area contributed by atoms with Gasteiger partial charge in [0.05, 0.1) is 12.0 Å². The smallest absolute Gasteiger partial charge is 0.306 e. The maximum Gasteiger partial charge on any atom is 0.306 e. The molecule has 0 radical (unpaired) electrons. The average Bonchev–Trinajstić information content (AvgIpc) is 3.04. The van der Waals surface area contributed by atoms with Crippen molar-refractivity contribution in [1.82, 2.24) is 0 Å². The van der Waals surface area contributed by atoms with Crippen LogP contribution in [0, 0.1) is 45.3 Å². The van der Waals surface area contributed by atoms with Gasteiger partial charge >= 0.3 is 5.97 Å². The maximum atomic E-state index is 13.9. The summed E-state index contributed by atoms with van der Waals surface area (Å²) in [5, 5.41) is 20.0. The molecule has 0 heterocycles. The van der Waals surface area contributed by atoms with Crippen LogP contribution in [0.5, 0.6) is 0 Å². The lowest BCUT2D eigenvalue weighted by atomic mass is 9.43. The molecule has 4 aliphatic carbocycles. The van der Waals surface area contributed by atoms with Gasteiger partial charge in [0, 0.05) is 30.3 Å². The van der Waals surface area contributed by atoms with Crippen molar-refractivity contribution in [3.8, 4) is 0 Å². The number of carbonyl (C=O) groups is 3. The summed E-state index contributed by atoms with van der Waals surface area (Å²) in [6.45, 7) is 15.1. The number of carbonyl (C=O) groups excluding carboxylic acids is 2. The summed E-state index contributed by atoms with van der Waals surface area (Å²) in [6.07, 6.45) is 6.33. The fourth-order valence-corrected chi connectivity index (χ4v) is 9.32. The van der Waals surface area contributed by atoms with Crippen molar-refractivity contribution in [2.45, 2.75) is 112 Å². The summed E-state index contributed by atoms with van der Waals surface area (Å²) >= 11 is 0. The first kappa shape index (κ1) is 26.6. The molecule has 2 saturated carbocycles. The number of aliphatic hydroxyl groups excluding tert-OH is 1. The van der Waals surface area contributed by atoms with Crippen LogP contribution in [0.4, 0.5) is 0 Å². The molecule has 196 valence electrons. The third-order valence-electron chi connectivity index (χ3n) is 11.8. The Morgan fingerprint density at radius 1 is 1.00 bits per heavy atom. The molecule has 4 rings (SSSR count). The predicted octanol–water partition coefficient (Wildman–Crippen LogP) is 5.98. The summed E-state index contributed by atoms with van der Waals surface area (Å²) < 4.78 is 0. The van der Waals surface area contributed by atoms with Gasteiger partial charge in [0.2, 0.25) is 0 Å². The highest BCUT2D eigenvalue weighted by Gasteiger charge is 2.65. The minimum absolute atomic E-state index is 0.0346. The Balaban J connectivity index is 1.64. The summed E-state index contributed by atoms with van der Waals surface area (Å²) in [7, 11) is 0. The van der Waals surface area contributed by atoms with Gasteiger partial charge in [-0.25, -0.2) is 0 Å². The number of aliphatic hydroxyl groups is 1. The number of ketones is 2. The van der Waals surface area contributed by atoms with Crippen molar-refractivity contribution in [2.75, 3.05) is 0 Å². The molecule has 0 amide bonds. The number of carboxylic acids is 1. The van der Waals surface area contributed by atoms with E-state index < -0.39 is 11.9 Å². The van der Waals surface area contributed by atoms with Gasteiger partial charge in [-0.05, 0) is 72.5 Å². The Morgan fingerprint density at radius 3 is 2.29 bits per heavy atom. The molecule has 0 aromatic rings. The van der Waals surface area contributed by atoms with Gasteiger partial charge in [-0.2, -0.15) is 0 Å². The van der Waals surface area contributed by atoms with E-state index >= 15 is 0 Å². The Labute approximate surface area is 211 Å². The number of allylic oxidation sites excluding steroid dienone is 2. The molecule has 0 bridgehead atoms. The van der Waals surface area contributed by atoms with Crippen molar-refractivity contribution in [1.29, 1.82) is 0 Å². The molecule has 0 spiro atoms. The quantitative estimate of drug-likeness (QED) is 0.482. The second-order valence-corrected chi connectivity index (χ2v) is 13.9. The highest BCUT2D eigenvalue weighted by atomic mass is 16.4. The van der Waals surface area contributed by atoms with Crippen molar-refractivity contribution < 1.29 is 24.6 Å². The van der Waals surface area contributed by atoms with E-state index in [2.05, 4.69) is 41.5 Å². The van der Waals surface area contributed by atoms with Gasteiger partial charge < -0.3 is 10.2 Å². The molecule has 0 aromatic carbocycles. The number of rotatable bonds is 6. The third kappa shape index (κ3) is 3.78. The molecular weight excluding hydrogens is 440 g/mol. The second kappa shape index (κ2) is 8.53. The number of hydrogen-bond acceptors (Lipinski definition) is 4. The largest absolute Gasteiger partial charge is 0.481 e. The summed E-state index contributed by atoms with van der Waals surface area (Å²) in [5.74, 6) is -0.558. The zero-order chi connectivity index (χ0) is 26.1. The number of fused-ring (bicyclic) bond motifs is 4. The lowest BCUT2D eigenvalue weighted by Crippen LogP contribution is -2.57. The van der Waals surface area contributed by atoms with Crippen LogP contribution in [0.3, 0.4) is 0 Å². The van der Waals surface area contributed by atoms with E-state index in [9.17, 15) is 24.6 Å². The van der Waals surface area contributed by atoms with Crippen LogP contribution < -0.4 is 0 Å². The first-order chi connectivity index (χ1) is 16.1. The van der Waals surface area contributed by atoms with E-state index in [-0.39, 0.29) is 57.6 Å². The zero-order valence-electron chi connectivity index (χ0n) is 22.9. The van der Waals surface area contributed by atoms with Gasteiger partial charge in [0.15, 0.2) is 5.78 Å². The summed E-state index contributed by atoms with van der Waals surface area (Å²) in [6, 6.07) is 0. The van der Waals surface area contributed by atoms with Crippen LogP contribution in [0.1, 0.15) is 106 Å². The van der Waals surface area contributed by atoms with E-state index in [0.29, 0.717) is 18.8 Å². The van der Waals surface area contributed by atoms with E-state index in [0.717, 1.165) is 44.1 Å². The van der Waals surface area contributed by atoms with Crippen LogP contribution >= 0.6 is 0 Å². The maximum absolute atomic E-state index is 13.9. The lowest BCUT2D eigenvalue weighted by Gasteiger charge is -2.61. The third-order valence-corrected chi connectivity index (χ3v) is 11.8. The van der Waals surface area contributed by atoms with Crippen molar-refractivity contribution in [3.05, 3.63) is 11.1 Å². The van der Waals surface area contributed by atoms with Gasteiger partial charge in [0.1, 0.15) is 5.78 Å². The molecule has 0 saturated heterocycles. The number of Topliss-reactive ketones (excluding diaryl/α,β-unsaturated/α-hetero) is 2. The minimum atomic E-state index is -0.917. The molecule has 4 aliphatic rings. The Morgan fingerprint density at radius 2 is 1.66 bits per heavy atom. The topological polar surface area (TPSA) is 91.7 Å². The molecule has 3 unspecified atom stereocenters. The molecule has 2 N–H and O–H groups in total. The van der Waals surface area contributed by atoms with E-state index in [1.807, 2.05) is 0 Å². The monoisotopic (exact) mass is 486 g/mol. The normalized spacial score (nSPS) is 42.1. The van der Waals surface area contributed by atoms with E-state index in [1.54, 1.807) is 6.92 Å². The fraction of sp³-hybridized carbons (Fsp3) is 0.833. The number of aliphatic carboxylic acids is 1. The predicted molar refractivity (Wildman–Crippen MR) is 136 cm³/mol. The zero-order valence-corrected chi connectivity index (χ0v) is 22.9. The average molecular weight is 487 g/mol. The molecule has 35 heavy (non-hydrogen) atoms. The Hall–Kier alpha value is -1.49. The molecule has 2 fully saturated rings. The molecule has 8 atom stereocenters. The van der Waals surface area contributed by atoms with Crippen LogP contribution in [0.15, 0.2) is 11.1 Å². The highest BCUT2D eigenvalue weighted by molar-refractivity contribution is 5.99. The van der Waals surface area contributed by atoms with Gasteiger partial charge in [-0.3, -0.25) is 14.4 Å². The van der Waals surface area contributed by atoms with Crippen LogP contribution in [0.25, 0.3) is 0 Å². The molecule has 0 aliphatic heterocycles. The van der Waals surface area contributed by atoms with Gasteiger partial charge in [-0.1, -0.05) is 54.0 Å². The minimum Gasteiger partial charge on any atom is -0.481 e. The van der Waals surface area contributed by atoms with E-state index in [4.69, 9.17) is 0 Å². The SMILES string of the molecule is CC(CC(=O)CC(C)[C@H]1CC[C@@]2(C)C3=C(CC[C@]12C)[C@@]1(C)CC[C@@H](O)C(C)(C)C1CC3=O)C(=O)O. The van der Waals surface area contributed by atoms with Crippen LogP contribution in [0.2, 0.25) is 0 Å². The molecule has 5 nitrogen and oxygen atoms in total. The lowest BCUT2D eigenvalue weighted by molar-refractivity contribution is -0.143. The summed E-state index contributed by atoms with van der Waals surface area (Å²) in [5.41, 5.74) is 1.91. The Bertz CT molecular complexity index is 962. The molecular formula is C30H46O5. The van der Waals surface area contributed by atoms with Crippen LogP contribution in [-0.2, 0) is 14.4 Å². The summed E-state index contributed by atoms with van der Waals surface area (Å²) in [4.78, 5) is 37.8. The highest BCUT2D eigenvalue weighted by Crippen LogP contribution is 2.71. The number of hydrogen-bond donors (Lipinski definition) is 2. The molecule has 0 aromatic heterocycles. The van der Waals surface area contributed by atoms with Crippen molar-refractivity contribution in [2.24, 2.45) is 45.3 Å². The number of carboxylic acid groups (broad SMARTS) is 1. The first-order valence-corrected chi connectivity index (χ1v) is 13.8.